The molecule has 1 amide bonds. The fraction of sp³-hybridized carbons (Fsp3) is 0.750. The molecule has 2 aliphatic heterocycles. The number of hydrogen-bond acceptors (Lipinski definition) is 5. The van der Waals surface area contributed by atoms with Gasteiger partial charge in [-0.2, -0.15) is 0 Å². The summed E-state index contributed by atoms with van der Waals surface area (Å²) in [6.45, 7) is 6.97. The topological polar surface area (TPSA) is 72.3 Å². The largest absolute Gasteiger partial charge is 0.372 e. The van der Waals surface area contributed by atoms with Crippen LogP contribution in [0.5, 0.6) is 0 Å². The number of carbonyl (C=O) groups excluding carboxylic acids is 1. The number of carbonyl (C=O) groups is 1. The van der Waals surface area contributed by atoms with Gasteiger partial charge in [0.15, 0.2) is 5.69 Å². The molecule has 2 aliphatic rings. The molecule has 19 heavy (non-hydrogen) atoms. The maximum absolute atomic E-state index is 12.4. The van der Waals surface area contributed by atoms with E-state index in [0.29, 0.717) is 24.8 Å². The molecule has 7 nitrogen and oxygen atoms in total. The molecule has 2 saturated heterocycles. The maximum atomic E-state index is 12.4. The van der Waals surface area contributed by atoms with Gasteiger partial charge in [-0.05, 0) is 13.8 Å². The van der Waals surface area contributed by atoms with E-state index in [1.54, 1.807) is 15.8 Å². The lowest BCUT2D eigenvalue weighted by Crippen LogP contribution is -2.48. The van der Waals surface area contributed by atoms with Crippen molar-refractivity contribution < 1.29 is 9.53 Å². The van der Waals surface area contributed by atoms with Gasteiger partial charge in [0.2, 0.25) is 0 Å². The molecule has 0 unspecified atom stereocenters. The first-order chi connectivity index (χ1) is 9.13. The van der Waals surface area contributed by atoms with E-state index in [1.807, 2.05) is 13.8 Å². The van der Waals surface area contributed by atoms with Crippen molar-refractivity contribution >= 4 is 5.91 Å². The zero-order valence-electron chi connectivity index (χ0n) is 11.2. The molecule has 0 aromatic carbocycles. The Balaban J connectivity index is 1.70. The number of hydrogen-bond donors (Lipinski definition) is 1. The van der Waals surface area contributed by atoms with Crippen LogP contribution in [0, 0.1) is 0 Å². The molecule has 0 aliphatic carbocycles. The van der Waals surface area contributed by atoms with Crippen LogP contribution in [0.3, 0.4) is 0 Å². The predicted molar refractivity (Wildman–Crippen MR) is 67.8 cm³/mol. The highest BCUT2D eigenvalue weighted by atomic mass is 16.5. The summed E-state index contributed by atoms with van der Waals surface area (Å²) in [5.74, 6) is -0.0551. The summed E-state index contributed by atoms with van der Waals surface area (Å²) >= 11 is 0. The van der Waals surface area contributed by atoms with E-state index < -0.39 is 0 Å². The summed E-state index contributed by atoms with van der Waals surface area (Å²) in [6, 6.07) is 0.330. The van der Waals surface area contributed by atoms with Crippen molar-refractivity contribution in [3.8, 4) is 0 Å². The third kappa shape index (κ3) is 2.48. The fourth-order valence-corrected chi connectivity index (χ4v) is 2.52. The molecule has 2 atom stereocenters. The van der Waals surface area contributed by atoms with Crippen LogP contribution in [0.15, 0.2) is 6.20 Å². The van der Waals surface area contributed by atoms with Gasteiger partial charge in [-0.1, -0.05) is 5.21 Å². The number of ether oxygens (including phenoxy) is 1. The van der Waals surface area contributed by atoms with E-state index in [0.717, 1.165) is 13.1 Å². The monoisotopic (exact) mass is 265 g/mol. The van der Waals surface area contributed by atoms with E-state index in [1.165, 1.54) is 0 Å². The first-order valence-electron chi connectivity index (χ1n) is 6.71. The molecule has 0 bridgehead atoms. The Morgan fingerprint density at radius 1 is 1.37 bits per heavy atom. The molecule has 0 radical (unpaired) electrons. The number of nitrogens with zero attached hydrogens (tertiary/aromatic N) is 4. The molecule has 0 saturated carbocycles. The molecular weight excluding hydrogens is 246 g/mol. The van der Waals surface area contributed by atoms with Gasteiger partial charge in [0.25, 0.3) is 5.91 Å². The molecule has 2 fully saturated rings. The highest BCUT2D eigenvalue weighted by Gasteiger charge is 2.29. The Morgan fingerprint density at radius 3 is 2.63 bits per heavy atom. The standard InChI is InChI=1S/C12H19N5O2/c1-8-5-16(6-9(2)19-8)12(18)11-7-17(15-14-11)10-3-13-4-10/h7-10,13H,3-6H2,1-2H3/t8-,9+. The molecule has 1 aromatic rings. The number of amides is 1. The van der Waals surface area contributed by atoms with E-state index >= 15 is 0 Å². The molecular formula is C12H19N5O2. The zero-order chi connectivity index (χ0) is 13.4. The summed E-state index contributed by atoms with van der Waals surface area (Å²) < 4.78 is 7.40. The lowest BCUT2D eigenvalue weighted by Gasteiger charge is -2.34. The number of morpholine rings is 1. The van der Waals surface area contributed by atoms with Gasteiger partial charge in [0.05, 0.1) is 24.4 Å². The minimum absolute atomic E-state index is 0.0551. The van der Waals surface area contributed by atoms with Gasteiger partial charge >= 0.3 is 0 Å². The van der Waals surface area contributed by atoms with Crippen molar-refractivity contribution in [1.29, 1.82) is 0 Å². The SMILES string of the molecule is C[C@@H]1CN(C(=O)c2cn(C3CNC3)nn2)C[C@H](C)O1. The molecule has 7 heteroatoms. The first kappa shape index (κ1) is 12.6. The van der Waals surface area contributed by atoms with Crippen LogP contribution in [-0.2, 0) is 4.74 Å². The smallest absolute Gasteiger partial charge is 0.276 e. The van der Waals surface area contributed by atoms with Crippen molar-refractivity contribution in [2.24, 2.45) is 0 Å². The van der Waals surface area contributed by atoms with Gasteiger partial charge in [-0.25, -0.2) is 4.68 Å². The summed E-state index contributed by atoms with van der Waals surface area (Å²) in [4.78, 5) is 14.2. The number of nitrogens with one attached hydrogen (secondary N) is 1. The molecule has 3 heterocycles. The molecule has 104 valence electrons. The predicted octanol–water partition coefficient (Wildman–Crippen LogP) is -0.328. The van der Waals surface area contributed by atoms with E-state index in [-0.39, 0.29) is 18.1 Å². The van der Waals surface area contributed by atoms with Crippen LogP contribution in [0.1, 0.15) is 30.4 Å². The van der Waals surface area contributed by atoms with Crippen LogP contribution < -0.4 is 5.32 Å². The van der Waals surface area contributed by atoms with Crippen molar-refractivity contribution in [3.63, 3.8) is 0 Å². The van der Waals surface area contributed by atoms with Crippen molar-refractivity contribution in [2.45, 2.75) is 32.1 Å². The Kier molecular flexibility index (Phi) is 3.24. The normalized spacial score (nSPS) is 28.2. The molecule has 0 spiro atoms. The second kappa shape index (κ2) is 4.90. The molecule has 1 N–H and O–H groups in total. The minimum atomic E-state index is -0.0551. The minimum Gasteiger partial charge on any atom is -0.372 e. The van der Waals surface area contributed by atoms with Crippen LogP contribution >= 0.6 is 0 Å². The van der Waals surface area contributed by atoms with Gasteiger partial charge in [-0.3, -0.25) is 4.79 Å². The van der Waals surface area contributed by atoms with Crippen molar-refractivity contribution in [2.75, 3.05) is 26.2 Å². The summed E-state index contributed by atoms with van der Waals surface area (Å²) in [5.41, 5.74) is 0.424. The van der Waals surface area contributed by atoms with Gasteiger partial charge < -0.3 is 15.0 Å². The second-order valence-corrected chi connectivity index (χ2v) is 5.36. The van der Waals surface area contributed by atoms with Gasteiger partial charge in [0, 0.05) is 26.2 Å². The summed E-state index contributed by atoms with van der Waals surface area (Å²) in [5, 5.41) is 11.2. The average molecular weight is 265 g/mol. The first-order valence-corrected chi connectivity index (χ1v) is 6.71. The van der Waals surface area contributed by atoms with Crippen LogP contribution in [0.4, 0.5) is 0 Å². The lowest BCUT2D eigenvalue weighted by atomic mass is 10.2. The molecule has 1 aromatic heterocycles. The Bertz CT molecular complexity index is 460. The highest BCUT2D eigenvalue weighted by molar-refractivity contribution is 5.92. The van der Waals surface area contributed by atoms with E-state index in [2.05, 4.69) is 15.6 Å². The number of rotatable bonds is 2. The van der Waals surface area contributed by atoms with Crippen molar-refractivity contribution in [3.05, 3.63) is 11.9 Å². The Morgan fingerprint density at radius 2 is 2.05 bits per heavy atom. The van der Waals surface area contributed by atoms with Crippen molar-refractivity contribution in [1.82, 2.24) is 25.2 Å². The second-order valence-electron chi connectivity index (χ2n) is 5.36. The van der Waals surface area contributed by atoms with Gasteiger partial charge in [0.1, 0.15) is 0 Å². The lowest BCUT2D eigenvalue weighted by molar-refractivity contribution is -0.0587. The van der Waals surface area contributed by atoms with Crippen LogP contribution in [0.25, 0.3) is 0 Å². The summed E-state index contributed by atoms with van der Waals surface area (Å²) in [7, 11) is 0. The third-order valence-corrected chi connectivity index (χ3v) is 3.57. The Labute approximate surface area is 111 Å². The van der Waals surface area contributed by atoms with E-state index in [4.69, 9.17) is 4.74 Å². The molecule has 3 rings (SSSR count). The average Bonchev–Trinajstić information content (AvgIpc) is 2.73. The third-order valence-electron chi connectivity index (χ3n) is 3.57. The van der Waals surface area contributed by atoms with Crippen LogP contribution in [0.2, 0.25) is 0 Å². The van der Waals surface area contributed by atoms with E-state index in [9.17, 15) is 4.79 Å². The Hall–Kier alpha value is -1.47. The maximum Gasteiger partial charge on any atom is 0.276 e. The highest BCUT2D eigenvalue weighted by Crippen LogP contribution is 2.15. The quantitative estimate of drug-likeness (QED) is 0.793. The summed E-state index contributed by atoms with van der Waals surface area (Å²) in [6.07, 6.45) is 1.88. The van der Waals surface area contributed by atoms with Gasteiger partial charge in [-0.15, -0.1) is 5.10 Å². The fourth-order valence-electron chi connectivity index (χ4n) is 2.52. The van der Waals surface area contributed by atoms with Crippen LogP contribution in [-0.4, -0.2) is 64.2 Å². The zero-order valence-corrected chi connectivity index (χ0v) is 11.2. The number of aromatic nitrogens is 3.